The SMILES string of the molecule is CN(C)CCN=C1CC(=O)c2sc(-c3c(F)cccc3Cl)nc2C1=O. The minimum absolute atomic E-state index is 0.0409. The summed E-state index contributed by atoms with van der Waals surface area (Å²) in [6.45, 7) is 1.10. The molecule has 1 aromatic heterocycles. The highest BCUT2D eigenvalue weighted by Gasteiger charge is 2.34. The van der Waals surface area contributed by atoms with Gasteiger partial charge in [0.1, 0.15) is 21.4 Å². The lowest BCUT2D eigenvalue weighted by Crippen LogP contribution is -2.27. The van der Waals surface area contributed by atoms with E-state index >= 15 is 0 Å². The van der Waals surface area contributed by atoms with Crippen molar-refractivity contribution in [3.05, 3.63) is 39.6 Å². The number of rotatable bonds is 4. The molecule has 25 heavy (non-hydrogen) atoms. The molecule has 0 radical (unpaired) electrons. The summed E-state index contributed by atoms with van der Waals surface area (Å²) in [5.74, 6) is -1.14. The van der Waals surface area contributed by atoms with Crippen LogP contribution in [0, 0.1) is 5.82 Å². The Hall–Kier alpha value is -1.96. The number of fused-ring (bicyclic) bond motifs is 1. The molecule has 0 saturated heterocycles. The van der Waals surface area contributed by atoms with Gasteiger partial charge in [-0.2, -0.15) is 0 Å². The van der Waals surface area contributed by atoms with Crippen molar-refractivity contribution < 1.29 is 14.0 Å². The first-order valence-corrected chi connectivity index (χ1v) is 8.79. The Morgan fingerprint density at radius 1 is 1.36 bits per heavy atom. The lowest BCUT2D eigenvalue weighted by atomic mass is 9.98. The van der Waals surface area contributed by atoms with Crippen LogP contribution in [0.4, 0.5) is 4.39 Å². The van der Waals surface area contributed by atoms with Gasteiger partial charge in [-0.05, 0) is 26.2 Å². The van der Waals surface area contributed by atoms with Gasteiger partial charge in [0.25, 0.3) is 0 Å². The van der Waals surface area contributed by atoms with Gasteiger partial charge >= 0.3 is 0 Å². The molecule has 0 unspecified atom stereocenters. The molecule has 1 aliphatic carbocycles. The van der Waals surface area contributed by atoms with Crippen molar-refractivity contribution >= 4 is 40.2 Å². The second kappa shape index (κ2) is 7.11. The number of thiazole rings is 1. The van der Waals surface area contributed by atoms with E-state index in [9.17, 15) is 14.0 Å². The fourth-order valence-corrected chi connectivity index (χ4v) is 3.80. The molecule has 0 fully saturated rings. The quantitative estimate of drug-likeness (QED) is 0.817. The number of carbonyl (C=O) groups is 2. The van der Waals surface area contributed by atoms with E-state index in [2.05, 4.69) is 9.98 Å². The van der Waals surface area contributed by atoms with Gasteiger partial charge in [0.05, 0.1) is 29.3 Å². The fourth-order valence-electron chi connectivity index (χ4n) is 2.43. The van der Waals surface area contributed by atoms with Crippen molar-refractivity contribution in [2.24, 2.45) is 4.99 Å². The second-order valence-corrected chi connectivity index (χ2v) is 7.26. The maximum atomic E-state index is 14.1. The number of aromatic nitrogens is 1. The predicted molar refractivity (Wildman–Crippen MR) is 96.7 cm³/mol. The Balaban J connectivity index is 1.98. The number of hydrogen-bond donors (Lipinski definition) is 0. The van der Waals surface area contributed by atoms with Crippen LogP contribution in [0.3, 0.4) is 0 Å². The second-order valence-electron chi connectivity index (χ2n) is 5.85. The number of carbonyl (C=O) groups excluding carboxylic acids is 2. The van der Waals surface area contributed by atoms with Crippen LogP contribution in [0.5, 0.6) is 0 Å². The molecule has 5 nitrogen and oxygen atoms in total. The lowest BCUT2D eigenvalue weighted by Gasteiger charge is -2.11. The Bertz CT molecular complexity index is 872. The van der Waals surface area contributed by atoms with Crippen molar-refractivity contribution in [2.75, 3.05) is 27.2 Å². The summed E-state index contributed by atoms with van der Waals surface area (Å²) in [6.07, 6.45) is -0.0497. The number of hydrogen-bond acceptors (Lipinski definition) is 6. The zero-order valence-electron chi connectivity index (χ0n) is 13.7. The summed E-state index contributed by atoms with van der Waals surface area (Å²) >= 11 is 7.05. The highest BCUT2D eigenvalue weighted by Crippen LogP contribution is 2.37. The molecule has 1 heterocycles. The molecule has 1 aromatic carbocycles. The van der Waals surface area contributed by atoms with E-state index in [0.29, 0.717) is 13.1 Å². The van der Waals surface area contributed by atoms with Crippen LogP contribution in [0.1, 0.15) is 26.6 Å². The van der Waals surface area contributed by atoms with Crippen molar-refractivity contribution in [1.29, 1.82) is 0 Å². The summed E-state index contributed by atoms with van der Waals surface area (Å²) in [4.78, 5) is 35.5. The van der Waals surface area contributed by atoms with Gasteiger partial charge in [0.15, 0.2) is 5.78 Å². The van der Waals surface area contributed by atoms with Crippen molar-refractivity contribution in [1.82, 2.24) is 9.88 Å². The highest BCUT2D eigenvalue weighted by atomic mass is 35.5. The third kappa shape index (κ3) is 3.53. The van der Waals surface area contributed by atoms with E-state index in [1.54, 1.807) is 0 Å². The molecule has 0 amide bonds. The molecule has 3 rings (SSSR count). The van der Waals surface area contributed by atoms with Gasteiger partial charge in [-0.1, -0.05) is 17.7 Å². The Kier molecular flexibility index (Phi) is 5.08. The standard InChI is InChI=1S/C17H15ClFN3O2S/c1-22(2)7-6-20-11-8-12(23)16-14(15(11)24)21-17(25-16)13-9(18)4-3-5-10(13)19/h3-5H,6-8H2,1-2H3. The minimum atomic E-state index is -0.543. The largest absolute Gasteiger partial charge is 0.308 e. The van der Waals surface area contributed by atoms with Gasteiger partial charge in [-0.3, -0.25) is 14.6 Å². The van der Waals surface area contributed by atoms with E-state index in [0.717, 1.165) is 11.3 Å². The summed E-state index contributed by atoms with van der Waals surface area (Å²) in [5, 5.41) is 0.412. The molecule has 8 heteroatoms. The Morgan fingerprint density at radius 3 is 2.80 bits per heavy atom. The van der Waals surface area contributed by atoms with Gasteiger partial charge < -0.3 is 4.90 Å². The van der Waals surface area contributed by atoms with Crippen molar-refractivity contribution in [3.8, 4) is 10.6 Å². The Morgan fingerprint density at radius 2 is 2.12 bits per heavy atom. The average molecular weight is 380 g/mol. The molecular weight excluding hydrogens is 365 g/mol. The number of aliphatic imine (C=N–C) groups is 1. The van der Waals surface area contributed by atoms with Crippen LogP contribution in [0.25, 0.3) is 10.6 Å². The summed E-state index contributed by atoms with van der Waals surface area (Å²) < 4.78 is 14.1. The molecule has 0 aliphatic heterocycles. The van der Waals surface area contributed by atoms with Gasteiger partial charge in [0, 0.05) is 6.54 Å². The van der Waals surface area contributed by atoms with E-state index < -0.39 is 5.82 Å². The van der Waals surface area contributed by atoms with Crippen LogP contribution in [0.15, 0.2) is 23.2 Å². The first-order valence-electron chi connectivity index (χ1n) is 7.59. The van der Waals surface area contributed by atoms with Crippen LogP contribution >= 0.6 is 22.9 Å². The van der Waals surface area contributed by atoms with Gasteiger partial charge in [0.2, 0.25) is 5.78 Å². The number of ketones is 2. The number of nitrogens with zero attached hydrogens (tertiary/aromatic N) is 3. The molecule has 1 aliphatic rings. The summed E-state index contributed by atoms with van der Waals surface area (Å²) in [5.41, 5.74) is 0.352. The van der Waals surface area contributed by atoms with E-state index in [4.69, 9.17) is 11.6 Å². The highest BCUT2D eigenvalue weighted by molar-refractivity contribution is 7.17. The molecule has 0 N–H and O–H groups in total. The Labute approximate surface area is 153 Å². The zero-order chi connectivity index (χ0) is 18.1. The number of likely N-dealkylation sites (N-methyl/N-ethyl adjacent to an activating group) is 1. The summed E-state index contributed by atoms with van der Waals surface area (Å²) in [7, 11) is 3.80. The van der Waals surface area contributed by atoms with Crippen molar-refractivity contribution in [2.45, 2.75) is 6.42 Å². The van der Waals surface area contributed by atoms with Crippen molar-refractivity contribution in [3.63, 3.8) is 0 Å². The number of benzene rings is 1. The predicted octanol–water partition coefficient (Wildman–Crippen LogP) is 3.37. The molecule has 0 atom stereocenters. The molecule has 0 bridgehead atoms. The third-order valence-electron chi connectivity index (χ3n) is 3.71. The number of halogens is 2. The first kappa shape index (κ1) is 17.8. The molecular formula is C17H15ClFN3O2S. The van der Waals surface area contributed by atoms with Crippen LogP contribution in [-0.4, -0.2) is 54.3 Å². The first-order chi connectivity index (χ1) is 11.9. The van der Waals surface area contributed by atoms with E-state index in [1.807, 2.05) is 19.0 Å². The normalized spacial score (nSPS) is 16.0. The smallest absolute Gasteiger partial charge is 0.227 e. The van der Waals surface area contributed by atoms with Gasteiger partial charge in [-0.15, -0.1) is 11.3 Å². The van der Waals surface area contributed by atoms with E-state index in [-0.39, 0.29) is 49.9 Å². The summed E-state index contributed by atoms with van der Waals surface area (Å²) in [6, 6.07) is 4.29. The zero-order valence-corrected chi connectivity index (χ0v) is 15.2. The monoisotopic (exact) mass is 379 g/mol. The van der Waals surface area contributed by atoms with Crippen LogP contribution < -0.4 is 0 Å². The average Bonchev–Trinajstić information content (AvgIpc) is 2.97. The maximum absolute atomic E-state index is 14.1. The number of Topliss-reactive ketones (excluding diaryl/α,β-unsaturated/α-hetero) is 2. The van der Waals surface area contributed by atoms with Crippen LogP contribution in [-0.2, 0) is 0 Å². The molecule has 0 saturated carbocycles. The minimum Gasteiger partial charge on any atom is -0.308 e. The molecule has 0 spiro atoms. The maximum Gasteiger partial charge on any atom is 0.227 e. The van der Waals surface area contributed by atoms with E-state index in [1.165, 1.54) is 18.2 Å². The molecule has 130 valence electrons. The third-order valence-corrected chi connectivity index (χ3v) is 5.14. The molecule has 2 aromatic rings. The lowest BCUT2D eigenvalue weighted by molar-refractivity contribution is 0.0966. The topological polar surface area (TPSA) is 62.6 Å². The fraction of sp³-hybridized carbons (Fsp3) is 0.294. The van der Waals surface area contributed by atoms with Gasteiger partial charge in [-0.25, -0.2) is 9.37 Å². The van der Waals surface area contributed by atoms with Crippen LogP contribution in [0.2, 0.25) is 5.02 Å².